The molecule has 8 nitrogen and oxygen atoms in total. The van der Waals surface area contributed by atoms with Crippen molar-refractivity contribution in [3.8, 4) is 11.5 Å². The van der Waals surface area contributed by atoms with Crippen LogP contribution in [0.3, 0.4) is 0 Å². The lowest BCUT2D eigenvalue weighted by Crippen LogP contribution is -2.50. The Morgan fingerprint density at radius 1 is 1.00 bits per heavy atom. The van der Waals surface area contributed by atoms with E-state index < -0.39 is 11.9 Å². The molecule has 0 unspecified atom stereocenters. The van der Waals surface area contributed by atoms with Crippen molar-refractivity contribution >= 4 is 17.9 Å². The van der Waals surface area contributed by atoms with E-state index in [1.165, 1.54) is 24.3 Å². The van der Waals surface area contributed by atoms with Crippen LogP contribution in [0.5, 0.6) is 11.5 Å². The molecule has 2 aromatic rings. The van der Waals surface area contributed by atoms with Gasteiger partial charge >= 0.3 is 6.29 Å². The van der Waals surface area contributed by atoms with Crippen LogP contribution in [0.1, 0.15) is 40.9 Å². The van der Waals surface area contributed by atoms with Crippen molar-refractivity contribution in [3.05, 3.63) is 59.4 Å². The number of carbonyl (C=O) groups excluding carboxylic acids is 2. The Kier molecular flexibility index (Phi) is 5.47. The van der Waals surface area contributed by atoms with E-state index >= 15 is 0 Å². The normalized spacial score (nSPS) is 20.3. The van der Waals surface area contributed by atoms with Crippen LogP contribution < -0.4 is 9.47 Å². The number of hydrogen-bond acceptors (Lipinski definition) is 6. The van der Waals surface area contributed by atoms with Crippen LogP contribution >= 0.6 is 0 Å². The molecule has 2 amide bonds. The molecule has 0 radical (unpaired) electrons. The molecule has 178 valence electrons. The van der Waals surface area contributed by atoms with Crippen LogP contribution in [0, 0.1) is 0 Å². The number of aromatic nitrogens is 1. The standard InChI is InChI=1S/C24H23F2N3O5/c25-24(26)33-19-4-2-16(14-20(19)34-24)3-5-21(30)28-10-12-29(13-11-28)22(31)18-15-17(6-9-27-18)23(32)7-1-8-23/h2-6,9,14-15,32H,1,7-8,10-13H2/b5-3+. The molecule has 5 rings (SSSR count). The van der Waals surface area contributed by atoms with Gasteiger partial charge in [-0.15, -0.1) is 8.78 Å². The number of rotatable bonds is 4. The summed E-state index contributed by atoms with van der Waals surface area (Å²) in [6.45, 7) is 1.42. The van der Waals surface area contributed by atoms with Gasteiger partial charge in [0.1, 0.15) is 5.69 Å². The Balaban J connectivity index is 1.17. The van der Waals surface area contributed by atoms with Crippen LogP contribution in [0.15, 0.2) is 42.6 Å². The fourth-order valence-electron chi connectivity index (χ4n) is 4.27. The molecule has 0 bridgehead atoms. The molecule has 1 aliphatic carbocycles. The van der Waals surface area contributed by atoms with Crippen LogP contribution in [0.2, 0.25) is 0 Å². The Morgan fingerprint density at radius 2 is 1.71 bits per heavy atom. The van der Waals surface area contributed by atoms with Crippen LogP contribution in [-0.4, -0.2) is 64.2 Å². The Hall–Kier alpha value is -3.53. The minimum Gasteiger partial charge on any atom is -0.395 e. The lowest BCUT2D eigenvalue weighted by atomic mass is 9.75. The number of alkyl halides is 2. The SMILES string of the molecule is O=C(/C=C/c1ccc2c(c1)OC(F)(F)O2)N1CCN(C(=O)c2cc(C3(O)CCC3)ccn2)CC1. The molecule has 0 spiro atoms. The molecule has 10 heteroatoms. The first-order valence-corrected chi connectivity index (χ1v) is 11.1. The number of benzene rings is 1. The quantitative estimate of drug-likeness (QED) is 0.690. The van der Waals surface area contributed by atoms with Crippen molar-refractivity contribution < 1.29 is 33.0 Å². The van der Waals surface area contributed by atoms with Crippen LogP contribution in [-0.2, 0) is 10.4 Å². The highest BCUT2D eigenvalue weighted by Gasteiger charge is 2.43. The zero-order valence-electron chi connectivity index (χ0n) is 18.2. The topological polar surface area (TPSA) is 92.2 Å². The Morgan fingerprint density at radius 3 is 2.41 bits per heavy atom. The third-order valence-corrected chi connectivity index (χ3v) is 6.42. The van der Waals surface area contributed by atoms with Gasteiger partial charge in [0.05, 0.1) is 5.60 Å². The minimum atomic E-state index is -3.69. The molecule has 3 heterocycles. The number of carbonyl (C=O) groups is 2. The third kappa shape index (κ3) is 4.33. The summed E-state index contributed by atoms with van der Waals surface area (Å²) in [5.41, 5.74) is 0.643. The predicted molar refractivity (Wildman–Crippen MR) is 116 cm³/mol. The molecule has 1 N–H and O–H groups in total. The zero-order valence-corrected chi connectivity index (χ0v) is 18.2. The summed E-state index contributed by atoms with van der Waals surface area (Å²) in [6, 6.07) is 7.67. The van der Waals surface area contributed by atoms with Crippen molar-refractivity contribution in [2.24, 2.45) is 0 Å². The number of halogens is 2. The first-order chi connectivity index (χ1) is 16.2. The number of ether oxygens (including phenoxy) is 2. The minimum absolute atomic E-state index is 0.0591. The number of aliphatic hydroxyl groups is 1. The number of fused-ring (bicyclic) bond motifs is 1. The number of pyridine rings is 1. The molecule has 34 heavy (non-hydrogen) atoms. The van der Waals surface area contributed by atoms with Gasteiger partial charge in [0.15, 0.2) is 11.5 Å². The van der Waals surface area contributed by atoms with E-state index in [2.05, 4.69) is 14.5 Å². The van der Waals surface area contributed by atoms with Crippen molar-refractivity contribution in [3.63, 3.8) is 0 Å². The van der Waals surface area contributed by atoms with Crippen molar-refractivity contribution in [1.29, 1.82) is 0 Å². The average molecular weight is 471 g/mol. The molecule has 2 aliphatic heterocycles. The van der Waals surface area contributed by atoms with E-state index in [0.717, 1.165) is 6.42 Å². The molecule has 2 fully saturated rings. The van der Waals surface area contributed by atoms with Gasteiger partial charge in [0.2, 0.25) is 5.91 Å². The summed E-state index contributed by atoms with van der Waals surface area (Å²) in [6.07, 6.45) is 3.04. The largest absolute Gasteiger partial charge is 0.586 e. The summed E-state index contributed by atoms with van der Waals surface area (Å²) < 4.78 is 35.1. The first kappa shape index (κ1) is 22.3. The molecule has 1 saturated heterocycles. The predicted octanol–water partition coefficient (Wildman–Crippen LogP) is 2.77. The Labute approximate surface area is 194 Å². The van der Waals surface area contributed by atoms with Gasteiger partial charge in [-0.1, -0.05) is 6.07 Å². The van der Waals surface area contributed by atoms with E-state index in [4.69, 9.17) is 0 Å². The number of piperazine rings is 1. The van der Waals surface area contributed by atoms with Gasteiger partial charge in [-0.2, -0.15) is 0 Å². The summed E-state index contributed by atoms with van der Waals surface area (Å²) in [5, 5.41) is 10.5. The second kappa shape index (κ2) is 8.35. The van der Waals surface area contributed by atoms with Gasteiger partial charge < -0.3 is 24.4 Å². The van der Waals surface area contributed by atoms with Gasteiger partial charge in [0, 0.05) is 38.5 Å². The van der Waals surface area contributed by atoms with Gasteiger partial charge in [-0.05, 0) is 60.7 Å². The molecule has 1 aromatic heterocycles. The lowest BCUT2D eigenvalue weighted by molar-refractivity contribution is -0.286. The van der Waals surface area contributed by atoms with E-state index in [9.17, 15) is 23.5 Å². The molecule has 1 saturated carbocycles. The maximum Gasteiger partial charge on any atom is 0.586 e. The third-order valence-electron chi connectivity index (χ3n) is 6.42. The van der Waals surface area contributed by atoms with E-state index in [1.807, 2.05) is 0 Å². The van der Waals surface area contributed by atoms with E-state index in [-0.39, 0.29) is 29.0 Å². The highest BCUT2D eigenvalue weighted by atomic mass is 19.3. The smallest absolute Gasteiger partial charge is 0.395 e. The number of hydrogen-bond donors (Lipinski definition) is 1. The second-order valence-corrected chi connectivity index (χ2v) is 8.64. The maximum atomic E-state index is 13.1. The van der Waals surface area contributed by atoms with Crippen molar-refractivity contribution in [2.45, 2.75) is 31.2 Å². The van der Waals surface area contributed by atoms with Crippen molar-refractivity contribution in [2.75, 3.05) is 26.2 Å². The Bertz CT molecular complexity index is 1160. The van der Waals surface area contributed by atoms with Gasteiger partial charge in [-0.3, -0.25) is 14.6 Å². The fraction of sp³-hybridized carbons (Fsp3) is 0.375. The molecular formula is C24H23F2N3O5. The fourth-order valence-corrected chi connectivity index (χ4v) is 4.27. The highest BCUT2D eigenvalue weighted by molar-refractivity contribution is 5.94. The maximum absolute atomic E-state index is 13.1. The highest BCUT2D eigenvalue weighted by Crippen LogP contribution is 2.42. The second-order valence-electron chi connectivity index (χ2n) is 8.64. The van der Waals surface area contributed by atoms with Crippen LogP contribution in [0.4, 0.5) is 8.78 Å². The zero-order chi connectivity index (χ0) is 23.9. The average Bonchev–Trinajstić information content (AvgIpc) is 3.13. The summed E-state index contributed by atoms with van der Waals surface area (Å²) in [4.78, 5) is 32.9. The monoisotopic (exact) mass is 471 g/mol. The lowest BCUT2D eigenvalue weighted by Gasteiger charge is -2.37. The van der Waals surface area contributed by atoms with Crippen molar-refractivity contribution in [1.82, 2.24) is 14.8 Å². The summed E-state index contributed by atoms with van der Waals surface area (Å²) in [5.74, 6) is -0.628. The molecular weight excluding hydrogens is 448 g/mol. The van der Waals surface area contributed by atoms with E-state index in [1.54, 1.807) is 34.2 Å². The molecule has 0 atom stereocenters. The first-order valence-electron chi connectivity index (χ1n) is 11.1. The number of amides is 2. The number of nitrogens with zero attached hydrogens (tertiary/aromatic N) is 3. The molecule has 1 aromatic carbocycles. The van der Waals surface area contributed by atoms with Gasteiger partial charge in [0.25, 0.3) is 5.91 Å². The molecule has 3 aliphatic rings. The van der Waals surface area contributed by atoms with Crippen LogP contribution in [0.25, 0.3) is 6.08 Å². The van der Waals surface area contributed by atoms with E-state index in [0.29, 0.717) is 50.1 Å². The summed E-state index contributed by atoms with van der Waals surface area (Å²) in [7, 11) is 0. The van der Waals surface area contributed by atoms with Gasteiger partial charge in [-0.25, -0.2) is 0 Å². The summed E-state index contributed by atoms with van der Waals surface area (Å²) >= 11 is 0.